The molecule has 0 amide bonds. The van der Waals surface area contributed by atoms with Crippen molar-refractivity contribution in [3.05, 3.63) is 29.8 Å². The molecule has 1 aromatic rings. The first-order chi connectivity index (χ1) is 8.13. The van der Waals surface area contributed by atoms with Gasteiger partial charge in [-0.25, -0.2) is 0 Å². The zero-order valence-corrected chi connectivity index (χ0v) is 9.61. The molecule has 0 aliphatic rings. The van der Waals surface area contributed by atoms with Crippen LogP contribution in [0.1, 0.15) is 25.0 Å². The maximum absolute atomic E-state index is 12.0. The van der Waals surface area contributed by atoms with E-state index in [1.165, 1.54) is 12.1 Å². The summed E-state index contributed by atoms with van der Waals surface area (Å²) < 4.78 is 33.4. The lowest BCUT2D eigenvalue weighted by Gasteiger charge is -2.12. The lowest BCUT2D eigenvalue weighted by molar-refractivity contribution is -0.0500. The summed E-state index contributed by atoms with van der Waals surface area (Å²) in [6, 6.07) is 5.98. The summed E-state index contributed by atoms with van der Waals surface area (Å²) >= 11 is 0. The molecule has 1 atom stereocenters. The molecule has 0 heterocycles. The summed E-state index contributed by atoms with van der Waals surface area (Å²) in [6.07, 6.45) is 0.0316. The molecule has 0 bridgehead atoms. The molecule has 5 heteroatoms. The van der Waals surface area contributed by atoms with Gasteiger partial charge in [-0.1, -0.05) is 19.1 Å². The van der Waals surface area contributed by atoms with E-state index >= 15 is 0 Å². The first kappa shape index (κ1) is 13.9. The van der Waals surface area contributed by atoms with Gasteiger partial charge in [0, 0.05) is 6.61 Å². The first-order valence-corrected chi connectivity index (χ1v) is 5.44. The van der Waals surface area contributed by atoms with Crippen LogP contribution in [0.15, 0.2) is 24.3 Å². The molecule has 0 aromatic heterocycles. The smallest absolute Gasteiger partial charge is 0.387 e. The fourth-order valence-electron chi connectivity index (χ4n) is 1.33. The molecule has 96 valence electrons. The van der Waals surface area contributed by atoms with Crippen LogP contribution in [0.2, 0.25) is 0 Å². The largest absolute Gasteiger partial charge is 0.435 e. The van der Waals surface area contributed by atoms with Gasteiger partial charge >= 0.3 is 6.61 Å². The lowest BCUT2D eigenvalue weighted by Crippen LogP contribution is -2.08. The molecule has 0 aliphatic carbocycles. The van der Waals surface area contributed by atoms with Crippen molar-refractivity contribution < 1.29 is 23.4 Å². The summed E-state index contributed by atoms with van der Waals surface area (Å²) in [7, 11) is 0. The topological polar surface area (TPSA) is 38.7 Å². The van der Waals surface area contributed by atoms with E-state index in [1.54, 1.807) is 12.1 Å². The van der Waals surface area contributed by atoms with Crippen LogP contribution in [0.4, 0.5) is 8.78 Å². The van der Waals surface area contributed by atoms with Gasteiger partial charge in [-0.3, -0.25) is 0 Å². The molecule has 1 rings (SSSR count). The number of hydrogen-bond donors (Lipinski definition) is 1. The number of benzene rings is 1. The van der Waals surface area contributed by atoms with E-state index in [0.29, 0.717) is 12.2 Å². The van der Waals surface area contributed by atoms with Gasteiger partial charge in [-0.15, -0.1) is 0 Å². The third-order valence-electron chi connectivity index (χ3n) is 2.09. The Bertz CT molecular complexity index is 331. The highest BCUT2D eigenvalue weighted by atomic mass is 19.3. The fraction of sp³-hybridized carbons (Fsp3) is 0.500. The minimum Gasteiger partial charge on any atom is -0.435 e. The van der Waals surface area contributed by atoms with Gasteiger partial charge in [0.25, 0.3) is 0 Å². The molecule has 0 saturated carbocycles. The summed E-state index contributed by atoms with van der Waals surface area (Å²) in [5.74, 6) is 0.0343. The Morgan fingerprint density at radius 3 is 2.76 bits per heavy atom. The van der Waals surface area contributed by atoms with E-state index < -0.39 is 12.7 Å². The Morgan fingerprint density at radius 2 is 2.12 bits per heavy atom. The normalized spacial score (nSPS) is 12.8. The standard InChI is InChI=1S/C12H16F2O3/c1-2-6-16-8-11(15)9-4-3-5-10(7-9)17-12(13)14/h3-5,7,11-12,15H,2,6,8H2,1H3. The van der Waals surface area contributed by atoms with Crippen LogP contribution in [-0.2, 0) is 4.74 Å². The van der Waals surface area contributed by atoms with Crippen molar-refractivity contribution in [2.75, 3.05) is 13.2 Å². The van der Waals surface area contributed by atoms with Crippen molar-refractivity contribution in [2.45, 2.75) is 26.1 Å². The van der Waals surface area contributed by atoms with Crippen LogP contribution in [0, 0.1) is 0 Å². The minimum absolute atomic E-state index is 0.0343. The molecule has 1 aromatic carbocycles. The monoisotopic (exact) mass is 246 g/mol. The molecular weight excluding hydrogens is 230 g/mol. The number of aliphatic hydroxyl groups is 1. The van der Waals surface area contributed by atoms with Crippen LogP contribution in [0.3, 0.4) is 0 Å². The molecule has 0 radical (unpaired) electrons. The van der Waals surface area contributed by atoms with Crippen molar-refractivity contribution in [3.8, 4) is 5.75 Å². The highest BCUT2D eigenvalue weighted by Gasteiger charge is 2.10. The average molecular weight is 246 g/mol. The van der Waals surface area contributed by atoms with Crippen molar-refractivity contribution in [2.24, 2.45) is 0 Å². The third-order valence-corrected chi connectivity index (χ3v) is 2.09. The van der Waals surface area contributed by atoms with E-state index in [4.69, 9.17) is 4.74 Å². The minimum atomic E-state index is -2.86. The van der Waals surface area contributed by atoms with Gasteiger partial charge in [0.15, 0.2) is 0 Å². The van der Waals surface area contributed by atoms with Crippen LogP contribution in [-0.4, -0.2) is 24.9 Å². The van der Waals surface area contributed by atoms with Crippen molar-refractivity contribution in [1.82, 2.24) is 0 Å². The van der Waals surface area contributed by atoms with Gasteiger partial charge in [0.2, 0.25) is 0 Å². The Kier molecular flexibility index (Phi) is 5.86. The fourth-order valence-corrected chi connectivity index (χ4v) is 1.33. The number of halogens is 2. The van der Waals surface area contributed by atoms with Crippen molar-refractivity contribution in [1.29, 1.82) is 0 Å². The van der Waals surface area contributed by atoms with Crippen LogP contribution in [0.25, 0.3) is 0 Å². The van der Waals surface area contributed by atoms with Gasteiger partial charge in [0.1, 0.15) is 11.9 Å². The van der Waals surface area contributed by atoms with Gasteiger partial charge in [-0.2, -0.15) is 8.78 Å². The van der Waals surface area contributed by atoms with E-state index in [2.05, 4.69) is 4.74 Å². The van der Waals surface area contributed by atoms with Crippen LogP contribution >= 0.6 is 0 Å². The maximum Gasteiger partial charge on any atom is 0.387 e. The summed E-state index contributed by atoms with van der Waals surface area (Å²) in [5, 5.41) is 9.74. The lowest BCUT2D eigenvalue weighted by atomic mass is 10.1. The molecular formula is C12H16F2O3. The number of ether oxygens (including phenoxy) is 2. The van der Waals surface area contributed by atoms with Gasteiger partial charge in [0.05, 0.1) is 6.61 Å². The van der Waals surface area contributed by atoms with E-state index in [9.17, 15) is 13.9 Å². The SMILES string of the molecule is CCCOCC(O)c1cccc(OC(F)F)c1. The quantitative estimate of drug-likeness (QED) is 0.752. The van der Waals surface area contributed by atoms with Gasteiger partial charge in [-0.05, 0) is 24.1 Å². The summed E-state index contributed by atoms with van der Waals surface area (Å²) in [6.45, 7) is -0.196. The molecule has 17 heavy (non-hydrogen) atoms. The molecule has 0 aliphatic heterocycles. The average Bonchev–Trinajstić information content (AvgIpc) is 2.28. The maximum atomic E-state index is 12.0. The molecule has 0 spiro atoms. The summed E-state index contributed by atoms with van der Waals surface area (Å²) in [4.78, 5) is 0. The Labute approximate surface area is 99.0 Å². The highest BCUT2D eigenvalue weighted by Crippen LogP contribution is 2.21. The highest BCUT2D eigenvalue weighted by molar-refractivity contribution is 5.29. The van der Waals surface area contributed by atoms with Crippen LogP contribution < -0.4 is 4.74 Å². The number of rotatable bonds is 7. The predicted molar refractivity (Wildman–Crippen MR) is 59.1 cm³/mol. The van der Waals surface area contributed by atoms with Crippen LogP contribution in [0.5, 0.6) is 5.75 Å². The van der Waals surface area contributed by atoms with E-state index in [-0.39, 0.29) is 12.4 Å². The number of hydrogen-bond acceptors (Lipinski definition) is 3. The van der Waals surface area contributed by atoms with E-state index in [1.807, 2.05) is 6.92 Å². The van der Waals surface area contributed by atoms with Crippen molar-refractivity contribution >= 4 is 0 Å². The summed E-state index contributed by atoms with van der Waals surface area (Å²) in [5.41, 5.74) is 0.499. The molecule has 0 fully saturated rings. The first-order valence-electron chi connectivity index (χ1n) is 5.44. The second-order valence-corrected chi connectivity index (χ2v) is 3.54. The molecule has 1 unspecified atom stereocenters. The van der Waals surface area contributed by atoms with Gasteiger partial charge < -0.3 is 14.6 Å². The third kappa shape index (κ3) is 5.10. The zero-order chi connectivity index (χ0) is 12.7. The predicted octanol–water partition coefficient (Wildman–Crippen LogP) is 2.75. The molecule has 0 saturated heterocycles. The van der Waals surface area contributed by atoms with E-state index in [0.717, 1.165) is 6.42 Å². The number of aliphatic hydroxyl groups excluding tert-OH is 1. The number of alkyl halides is 2. The molecule has 3 nitrogen and oxygen atoms in total. The molecule has 1 N–H and O–H groups in total. The second kappa shape index (κ2) is 7.19. The Balaban J connectivity index is 2.57. The zero-order valence-electron chi connectivity index (χ0n) is 9.61. The second-order valence-electron chi connectivity index (χ2n) is 3.54. The Hall–Kier alpha value is -1.20. The Morgan fingerprint density at radius 1 is 1.35 bits per heavy atom. The van der Waals surface area contributed by atoms with Crippen molar-refractivity contribution in [3.63, 3.8) is 0 Å².